The smallest absolute Gasteiger partial charge is 0.330 e. The molecule has 4 rings (SSSR count). The number of fused-ring (bicyclic) bond motifs is 2. The van der Waals surface area contributed by atoms with Crippen molar-refractivity contribution in [3.05, 3.63) is 12.2 Å². The Hall–Kier alpha value is -0.790. The zero-order chi connectivity index (χ0) is 11.2. The van der Waals surface area contributed by atoms with Crippen molar-refractivity contribution in [2.24, 2.45) is 23.2 Å². The fraction of sp³-hybridized carbons (Fsp3) is 0.786. The highest BCUT2D eigenvalue weighted by atomic mass is 16.5. The van der Waals surface area contributed by atoms with Crippen LogP contribution in [0.25, 0.3) is 0 Å². The first-order valence-electron chi connectivity index (χ1n) is 6.51. The number of esters is 1. The lowest BCUT2D eigenvalue weighted by molar-refractivity contribution is -0.134. The van der Waals surface area contributed by atoms with Gasteiger partial charge in [0.2, 0.25) is 0 Å². The Morgan fingerprint density at radius 2 is 2.12 bits per heavy atom. The highest BCUT2D eigenvalue weighted by molar-refractivity contribution is 5.81. The van der Waals surface area contributed by atoms with Gasteiger partial charge in [-0.2, -0.15) is 0 Å². The van der Waals surface area contributed by atoms with Crippen molar-refractivity contribution in [2.75, 3.05) is 7.11 Å². The maximum atomic E-state index is 11.2. The van der Waals surface area contributed by atoms with Gasteiger partial charge < -0.3 is 4.74 Å². The van der Waals surface area contributed by atoms with Crippen LogP contribution in [0, 0.1) is 23.2 Å². The second-order valence-corrected chi connectivity index (χ2v) is 5.88. The molecule has 0 spiro atoms. The topological polar surface area (TPSA) is 26.3 Å². The Balaban J connectivity index is 1.83. The molecule has 0 aliphatic heterocycles. The summed E-state index contributed by atoms with van der Waals surface area (Å²) in [4.78, 5) is 11.2. The zero-order valence-corrected chi connectivity index (χ0v) is 9.95. The Morgan fingerprint density at radius 3 is 2.94 bits per heavy atom. The fourth-order valence-electron chi connectivity index (χ4n) is 4.55. The standard InChI is InChI=1S/C14H20O2/c1-16-13(15)5-6-14-8-10-3-2-4-12(14)7-11(10)9-14/h5-6,10-12H,2-4,7-9H2,1H3/b6-5+. The van der Waals surface area contributed by atoms with E-state index in [1.165, 1.54) is 45.6 Å². The van der Waals surface area contributed by atoms with E-state index in [9.17, 15) is 4.79 Å². The molecule has 16 heavy (non-hydrogen) atoms. The van der Waals surface area contributed by atoms with Crippen LogP contribution in [0.1, 0.15) is 38.5 Å². The lowest BCUT2D eigenvalue weighted by atomic mass is 9.73. The summed E-state index contributed by atoms with van der Waals surface area (Å²) >= 11 is 0. The molecule has 0 aromatic rings. The molecule has 0 radical (unpaired) electrons. The first-order chi connectivity index (χ1) is 7.73. The van der Waals surface area contributed by atoms with Gasteiger partial charge >= 0.3 is 5.97 Å². The summed E-state index contributed by atoms with van der Waals surface area (Å²) in [5.41, 5.74) is 0.361. The molecule has 0 saturated heterocycles. The monoisotopic (exact) mass is 220 g/mol. The first kappa shape index (κ1) is 10.4. The third-order valence-electron chi connectivity index (χ3n) is 5.23. The summed E-state index contributed by atoms with van der Waals surface area (Å²) in [6.45, 7) is 0. The summed E-state index contributed by atoms with van der Waals surface area (Å²) in [6.07, 6.45) is 12.1. The fourth-order valence-corrected chi connectivity index (χ4v) is 4.55. The number of carbonyl (C=O) groups excluding carboxylic acids is 1. The Bertz CT molecular complexity index is 334. The van der Waals surface area contributed by atoms with E-state index in [1.807, 2.05) is 0 Å². The number of hydrogen-bond donors (Lipinski definition) is 0. The summed E-state index contributed by atoms with van der Waals surface area (Å²) in [6, 6.07) is 0. The third kappa shape index (κ3) is 1.42. The van der Waals surface area contributed by atoms with Gasteiger partial charge in [0.25, 0.3) is 0 Å². The first-order valence-corrected chi connectivity index (χ1v) is 6.51. The predicted octanol–water partition coefficient (Wildman–Crippen LogP) is 2.93. The summed E-state index contributed by atoms with van der Waals surface area (Å²) in [7, 11) is 1.45. The molecule has 4 saturated carbocycles. The van der Waals surface area contributed by atoms with Gasteiger partial charge in [0.1, 0.15) is 0 Å². The lowest BCUT2D eigenvalue weighted by Gasteiger charge is -2.32. The van der Waals surface area contributed by atoms with Crippen molar-refractivity contribution in [1.29, 1.82) is 0 Å². The minimum Gasteiger partial charge on any atom is -0.466 e. The van der Waals surface area contributed by atoms with E-state index >= 15 is 0 Å². The molecule has 88 valence electrons. The summed E-state index contributed by atoms with van der Waals surface area (Å²) < 4.78 is 4.70. The summed E-state index contributed by atoms with van der Waals surface area (Å²) in [5, 5.41) is 0. The lowest BCUT2D eigenvalue weighted by Crippen LogP contribution is -2.24. The van der Waals surface area contributed by atoms with Crippen LogP contribution in [0.15, 0.2) is 12.2 Å². The normalized spacial score (nSPS) is 45.2. The Kier molecular flexibility index (Phi) is 2.34. The average molecular weight is 220 g/mol. The molecule has 0 heterocycles. The molecule has 4 aliphatic rings. The Labute approximate surface area is 97.1 Å². The second kappa shape index (κ2) is 3.61. The van der Waals surface area contributed by atoms with Crippen LogP contribution >= 0.6 is 0 Å². The van der Waals surface area contributed by atoms with E-state index in [0.29, 0.717) is 5.41 Å². The minimum atomic E-state index is -0.195. The van der Waals surface area contributed by atoms with Crippen LogP contribution in [0.4, 0.5) is 0 Å². The molecule has 2 nitrogen and oxygen atoms in total. The van der Waals surface area contributed by atoms with Crippen LogP contribution in [0.3, 0.4) is 0 Å². The predicted molar refractivity (Wildman–Crippen MR) is 61.8 cm³/mol. The number of ether oxygens (including phenoxy) is 1. The van der Waals surface area contributed by atoms with E-state index in [4.69, 9.17) is 4.74 Å². The highest BCUT2D eigenvalue weighted by Crippen LogP contribution is 2.65. The molecular weight excluding hydrogens is 200 g/mol. The van der Waals surface area contributed by atoms with Crippen molar-refractivity contribution >= 4 is 5.97 Å². The van der Waals surface area contributed by atoms with Crippen molar-refractivity contribution in [3.63, 3.8) is 0 Å². The van der Waals surface area contributed by atoms with Crippen LogP contribution < -0.4 is 0 Å². The molecule has 0 amide bonds. The number of rotatable bonds is 2. The van der Waals surface area contributed by atoms with Gasteiger partial charge in [-0.1, -0.05) is 18.9 Å². The van der Waals surface area contributed by atoms with Crippen LogP contribution in [-0.2, 0) is 9.53 Å². The van der Waals surface area contributed by atoms with Gasteiger partial charge in [0.15, 0.2) is 0 Å². The number of allylic oxidation sites excluding steroid dienone is 1. The van der Waals surface area contributed by atoms with Gasteiger partial charge in [-0.25, -0.2) is 4.79 Å². The number of methoxy groups -OCH3 is 1. The molecular formula is C14H20O2. The maximum Gasteiger partial charge on any atom is 0.330 e. The maximum absolute atomic E-state index is 11.2. The van der Waals surface area contributed by atoms with Crippen molar-refractivity contribution in [3.8, 4) is 0 Å². The molecule has 2 heteroatoms. The average Bonchev–Trinajstić information content (AvgIpc) is 2.67. The third-order valence-corrected chi connectivity index (χ3v) is 5.23. The highest BCUT2D eigenvalue weighted by Gasteiger charge is 2.55. The van der Waals surface area contributed by atoms with E-state index in [-0.39, 0.29) is 5.97 Å². The zero-order valence-electron chi connectivity index (χ0n) is 9.95. The van der Waals surface area contributed by atoms with E-state index in [2.05, 4.69) is 6.08 Å². The van der Waals surface area contributed by atoms with Gasteiger partial charge in [-0.05, 0) is 48.9 Å². The van der Waals surface area contributed by atoms with Gasteiger partial charge in [-0.15, -0.1) is 0 Å². The van der Waals surface area contributed by atoms with Crippen LogP contribution in [0.5, 0.6) is 0 Å². The molecule has 0 aromatic carbocycles. The molecule has 4 aliphatic carbocycles. The molecule has 4 atom stereocenters. The van der Waals surface area contributed by atoms with Crippen molar-refractivity contribution in [2.45, 2.75) is 38.5 Å². The van der Waals surface area contributed by atoms with E-state index in [0.717, 1.165) is 17.8 Å². The number of hydrogen-bond acceptors (Lipinski definition) is 2. The van der Waals surface area contributed by atoms with Gasteiger partial charge in [0.05, 0.1) is 7.11 Å². The largest absolute Gasteiger partial charge is 0.466 e. The van der Waals surface area contributed by atoms with E-state index < -0.39 is 0 Å². The van der Waals surface area contributed by atoms with E-state index in [1.54, 1.807) is 6.08 Å². The molecule has 4 bridgehead atoms. The van der Waals surface area contributed by atoms with Crippen molar-refractivity contribution in [1.82, 2.24) is 0 Å². The number of carbonyl (C=O) groups is 1. The SMILES string of the molecule is COC(=O)/C=C/C12CC3CCCC1CC3C2. The second-order valence-electron chi connectivity index (χ2n) is 5.88. The van der Waals surface area contributed by atoms with Crippen LogP contribution in [0.2, 0.25) is 0 Å². The molecule has 4 unspecified atom stereocenters. The van der Waals surface area contributed by atoms with Gasteiger partial charge in [-0.3, -0.25) is 0 Å². The summed E-state index contributed by atoms with van der Waals surface area (Å²) in [5.74, 6) is 2.55. The van der Waals surface area contributed by atoms with Crippen molar-refractivity contribution < 1.29 is 9.53 Å². The molecule has 0 N–H and O–H groups in total. The Morgan fingerprint density at radius 1 is 1.31 bits per heavy atom. The molecule has 4 fully saturated rings. The van der Waals surface area contributed by atoms with Crippen LogP contribution in [-0.4, -0.2) is 13.1 Å². The molecule has 0 aromatic heterocycles. The quantitative estimate of drug-likeness (QED) is 0.528. The minimum absolute atomic E-state index is 0.195. The van der Waals surface area contributed by atoms with Gasteiger partial charge in [0, 0.05) is 6.08 Å².